The Bertz CT molecular complexity index is 248. The summed E-state index contributed by atoms with van der Waals surface area (Å²) in [6.07, 6.45) is 0. The number of ether oxygens (including phenoxy) is 1. The van der Waals surface area contributed by atoms with Crippen LogP contribution in [-0.2, 0) is 4.74 Å². The minimum Gasteiger partial charge on any atom is -0.460 e. The Labute approximate surface area is 82.9 Å². The van der Waals surface area contributed by atoms with Crippen molar-refractivity contribution in [1.29, 1.82) is 0 Å². The topological polar surface area (TPSA) is 39.2 Å². The van der Waals surface area contributed by atoms with Crippen molar-refractivity contribution in [2.24, 2.45) is 0 Å². The fourth-order valence-electron chi connectivity index (χ4n) is 0.578. The van der Waals surface area contributed by atoms with Crippen LogP contribution in [0, 0.1) is 0 Å². The van der Waals surface area contributed by atoms with Gasteiger partial charge in [0.1, 0.15) is 6.61 Å². The van der Waals surface area contributed by atoms with E-state index in [1.807, 2.05) is 6.92 Å². The number of hydrogen-bond donors (Lipinski definition) is 0. The van der Waals surface area contributed by atoms with Crippen LogP contribution in [-0.4, -0.2) is 22.4 Å². The molecule has 0 spiro atoms. The number of esters is 1. The molecule has 5 heteroatoms. The molecule has 0 saturated carbocycles. The van der Waals surface area contributed by atoms with Gasteiger partial charge in [0.2, 0.25) is 0 Å². The molecule has 12 heavy (non-hydrogen) atoms. The first-order chi connectivity index (χ1) is 5.70. The van der Waals surface area contributed by atoms with Gasteiger partial charge in [0.25, 0.3) is 0 Å². The lowest BCUT2D eigenvalue weighted by Crippen LogP contribution is -2.11. The van der Waals surface area contributed by atoms with Gasteiger partial charge >= 0.3 is 5.97 Å². The summed E-state index contributed by atoms with van der Waals surface area (Å²) in [5, 5.41) is 1.67. The third-order valence-electron chi connectivity index (χ3n) is 1.09. The van der Waals surface area contributed by atoms with E-state index in [4.69, 9.17) is 4.74 Å². The van der Waals surface area contributed by atoms with E-state index in [1.165, 1.54) is 11.3 Å². The molecule has 0 saturated heterocycles. The summed E-state index contributed by atoms with van der Waals surface area (Å²) in [6, 6.07) is 0. The first-order valence-corrected chi connectivity index (χ1v) is 5.25. The number of carbonyl (C=O) groups excluding carboxylic acids is 1. The van der Waals surface area contributed by atoms with Crippen LogP contribution >= 0.6 is 27.3 Å². The fraction of sp³-hybridized carbons (Fsp3) is 0.429. The van der Waals surface area contributed by atoms with Crippen molar-refractivity contribution in [2.75, 3.05) is 6.61 Å². The normalized spacial score (nSPS) is 12.5. The van der Waals surface area contributed by atoms with Crippen molar-refractivity contribution >= 4 is 33.2 Å². The molecule has 1 aromatic rings. The second-order valence-electron chi connectivity index (χ2n) is 2.25. The lowest BCUT2D eigenvalue weighted by atomic mass is 10.5. The summed E-state index contributed by atoms with van der Waals surface area (Å²) in [6.45, 7) is 2.28. The van der Waals surface area contributed by atoms with Crippen molar-refractivity contribution < 1.29 is 9.53 Å². The molecule has 66 valence electrons. The SMILES string of the molecule is CC(Br)COC(=O)c1cscn1. The Morgan fingerprint density at radius 1 is 1.92 bits per heavy atom. The Morgan fingerprint density at radius 3 is 3.17 bits per heavy atom. The zero-order chi connectivity index (χ0) is 8.97. The molecule has 1 atom stereocenters. The molecule has 1 unspecified atom stereocenters. The lowest BCUT2D eigenvalue weighted by Gasteiger charge is -2.03. The van der Waals surface area contributed by atoms with Crippen LogP contribution in [0.1, 0.15) is 17.4 Å². The summed E-state index contributed by atoms with van der Waals surface area (Å²) in [5.41, 5.74) is 1.99. The van der Waals surface area contributed by atoms with Crippen molar-refractivity contribution in [2.45, 2.75) is 11.8 Å². The Hall–Kier alpha value is -0.420. The van der Waals surface area contributed by atoms with Crippen molar-refractivity contribution in [3.63, 3.8) is 0 Å². The Morgan fingerprint density at radius 2 is 2.67 bits per heavy atom. The van der Waals surface area contributed by atoms with Crippen LogP contribution in [0.15, 0.2) is 10.9 Å². The minimum absolute atomic E-state index is 0.181. The van der Waals surface area contributed by atoms with Crippen molar-refractivity contribution in [3.05, 3.63) is 16.6 Å². The molecule has 0 aromatic carbocycles. The lowest BCUT2D eigenvalue weighted by molar-refractivity contribution is 0.0506. The number of rotatable bonds is 3. The monoisotopic (exact) mass is 249 g/mol. The molecule has 1 aromatic heterocycles. The molecule has 0 bridgehead atoms. The van der Waals surface area contributed by atoms with E-state index >= 15 is 0 Å². The highest BCUT2D eigenvalue weighted by molar-refractivity contribution is 9.09. The maximum atomic E-state index is 11.1. The van der Waals surface area contributed by atoms with E-state index < -0.39 is 0 Å². The van der Waals surface area contributed by atoms with E-state index in [9.17, 15) is 4.79 Å². The Balaban J connectivity index is 2.40. The van der Waals surface area contributed by atoms with E-state index in [1.54, 1.807) is 10.9 Å². The number of carbonyl (C=O) groups is 1. The van der Waals surface area contributed by atoms with Gasteiger partial charge in [-0.2, -0.15) is 0 Å². The van der Waals surface area contributed by atoms with Gasteiger partial charge < -0.3 is 4.74 Å². The largest absolute Gasteiger partial charge is 0.460 e. The van der Waals surface area contributed by atoms with E-state index in [0.29, 0.717) is 12.3 Å². The molecular weight excluding hydrogens is 242 g/mol. The van der Waals surface area contributed by atoms with Crippen molar-refractivity contribution in [1.82, 2.24) is 4.98 Å². The van der Waals surface area contributed by atoms with Crippen molar-refractivity contribution in [3.8, 4) is 0 Å². The molecule has 1 rings (SSSR count). The number of halogens is 1. The second-order valence-corrected chi connectivity index (χ2v) is 4.53. The fourth-order valence-corrected chi connectivity index (χ4v) is 1.23. The van der Waals surface area contributed by atoms with Crippen LogP contribution in [0.4, 0.5) is 0 Å². The van der Waals surface area contributed by atoms with Crippen LogP contribution < -0.4 is 0 Å². The zero-order valence-electron chi connectivity index (χ0n) is 6.49. The quantitative estimate of drug-likeness (QED) is 0.609. The van der Waals surface area contributed by atoms with Gasteiger partial charge in [-0.25, -0.2) is 9.78 Å². The molecule has 0 aliphatic rings. The van der Waals surface area contributed by atoms with Crippen LogP contribution in [0.2, 0.25) is 0 Å². The third kappa shape index (κ3) is 2.91. The Kier molecular flexibility index (Phi) is 3.68. The predicted molar refractivity (Wildman–Crippen MR) is 50.8 cm³/mol. The summed E-state index contributed by atoms with van der Waals surface area (Å²) >= 11 is 4.65. The van der Waals surface area contributed by atoms with E-state index in [2.05, 4.69) is 20.9 Å². The molecular formula is C7H8BrNO2S. The molecule has 0 fully saturated rings. The number of aromatic nitrogens is 1. The van der Waals surface area contributed by atoms with Crippen LogP contribution in [0.25, 0.3) is 0 Å². The van der Waals surface area contributed by atoms with Gasteiger partial charge in [0, 0.05) is 10.2 Å². The molecule has 0 radical (unpaired) electrons. The average Bonchev–Trinajstić information content (AvgIpc) is 2.51. The maximum Gasteiger partial charge on any atom is 0.357 e. The highest BCUT2D eigenvalue weighted by atomic mass is 79.9. The van der Waals surface area contributed by atoms with Gasteiger partial charge in [-0.3, -0.25) is 0 Å². The smallest absolute Gasteiger partial charge is 0.357 e. The van der Waals surface area contributed by atoms with Gasteiger partial charge in [-0.05, 0) is 6.92 Å². The zero-order valence-corrected chi connectivity index (χ0v) is 8.89. The summed E-state index contributed by atoms with van der Waals surface area (Å²) < 4.78 is 4.91. The number of hydrogen-bond acceptors (Lipinski definition) is 4. The highest BCUT2D eigenvalue weighted by Crippen LogP contribution is 2.04. The van der Waals surface area contributed by atoms with Gasteiger partial charge in [0.15, 0.2) is 5.69 Å². The molecule has 0 aliphatic heterocycles. The number of nitrogens with zero attached hydrogens (tertiary/aromatic N) is 1. The first kappa shape index (κ1) is 9.67. The van der Waals surface area contributed by atoms with Crippen LogP contribution in [0.3, 0.4) is 0 Å². The summed E-state index contributed by atoms with van der Waals surface area (Å²) in [5.74, 6) is -0.359. The van der Waals surface area contributed by atoms with Gasteiger partial charge in [-0.15, -0.1) is 11.3 Å². The first-order valence-electron chi connectivity index (χ1n) is 3.39. The number of alkyl halides is 1. The summed E-state index contributed by atoms with van der Waals surface area (Å²) in [7, 11) is 0. The van der Waals surface area contributed by atoms with Gasteiger partial charge in [-0.1, -0.05) is 15.9 Å². The molecule has 0 aliphatic carbocycles. The maximum absolute atomic E-state index is 11.1. The standard InChI is InChI=1S/C7H8BrNO2S/c1-5(8)2-11-7(10)6-3-12-4-9-6/h3-5H,2H2,1H3. The highest BCUT2D eigenvalue weighted by Gasteiger charge is 2.09. The van der Waals surface area contributed by atoms with E-state index in [0.717, 1.165) is 0 Å². The average molecular weight is 250 g/mol. The predicted octanol–water partition coefficient (Wildman–Crippen LogP) is 2.08. The van der Waals surface area contributed by atoms with E-state index in [-0.39, 0.29) is 10.8 Å². The minimum atomic E-state index is -0.359. The molecule has 0 N–H and O–H groups in total. The van der Waals surface area contributed by atoms with Crippen LogP contribution in [0.5, 0.6) is 0 Å². The molecule has 3 nitrogen and oxygen atoms in total. The molecule has 0 amide bonds. The third-order valence-corrected chi connectivity index (χ3v) is 1.94. The molecule has 1 heterocycles. The summed E-state index contributed by atoms with van der Waals surface area (Å²) in [4.78, 5) is 15.1. The second kappa shape index (κ2) is 4.57. The number of thiazole rings is 1. The van der Waals surface area contributed by atoms with Gasteiger partial charge in [0.05, 0.1) is 5.51 Å².